The number of hydrogen-bond acceptors (Lipinski definition) is 4. The van der Waals surface area contributed by atoms with E-state index in [1.165, 1.54) is 0 Å². The van der Waals surface area contributed by atoms with E-state index >= 15 is 0 Å². The van der Waals surface area contributed by atoms with Gasteiger partial charge in [-0.2, -0.15) is 0 Å². The van der Waals surface area contributed by atoms with Crippen LogP contribution in [0.2, 0.25) is 0 Å². The Bertz CT molecular complexity index is 923. The second-order valence-electron chi connectivity index (χ2n) is 5.15. The van der Waals surface area contributed by atoms with Crippen LogP contribution in [0, 0.1) is 11.8 Å². The fourth-order valence-corrected chi connectivity index (χ4v) is 2.24. The van der Waals surface area contributed by atoms with Crippen molar-refractivity contribution in [3.63, 3.8) is 0 Å². The summed E-state index contributed by atoms with van der Waals surface area (Å²) in [7, 11) is 1.61. The van der Waals surface area contributed by atoms with Crippen LogP contribution in [-0.2, 0) is 0 Å². The zero-order chi connectivity index (χ0) is 17.5. The van der Waals surface area contributed by atoms with Gasteiger partial charge in [-0.3, -0.25) is 9.78 Å². The number of pyridine rings is 1. The zero-order valence-corrected chi connectivity index (χ0v) is 13.7. The molecule has 2 N–H and O–H groups in total. The van der Waals surface area contributed by atoms with E-state index in [-0.39, 0.29) is 19.1 Å². The van der Waals surface area contributed by atoms with Crippen LogP contribution in [0.25, 0.3) is 10.9 Å². The molecule has 0 aliphatic carbocycles. The Morgan fingerprint density at radius 3 is 2.96 bits per heavy atom. The molecule has 0 aliphatic heterocycles. The summed E-state index contributed by atoms with van der Waals surface area (Å²) in [6.45, 7) is 0.488. The average Bonchev–Trinajstić information content (AvgIpc) is 3.08. The standard InChI is InChI=1S/C19H17N3O3/c1-24-15-7-6-14-11-18(22-17(14)12-15)19(23)21-9-2-3-10-25-16-5-4-8-20-13-16/h4-8,11-13,22H,9-10H2,1H3,(H,21,23). The molecule has 1 amide bonds. The number of H-pyrrole nitrogens is 1. The van der Waals surface area contributed by atoms with Gasteiger partial charge < -0.3 is 19.8 Å². The van der Waals surface area contributed by atoms with Crippen molar-refractivity contribution in [3.05, 3.63) is 54.5 Å². The molecular formula is C19H17N3O3. The van der Waals surface area contributed by atoms with Crippen LogP contribution >= 0.6 is 0 Å². The number of nitrogens with one attached hydrogen (secondary N) is 2. The molecule has 0 unspecified atom stereocenters. The van der Waals surface area contributed by atoms with E-state index in [1.54, 1.807) is 37.7 Å². The molecule has 0 saturated heterocycles. The number of nitrogens with zero attached hydrogens (tertiary/aromatic N) is 1. The van der Waals surface area contributed by atoms with Gasteiger partial charge in [0.2, 0.25) is 0 Å². The smallest absolute Gasteiger partial charge is 0.268 e. The molecule has 3 aromatic rings. The van der Waals surface area contributed by atoms with Gasteiger partial charge in [0.15, 0.2) is 0 Å². The third-order valence-electron chi connectivity index (χ3n) is 3.48. The largest absolute Gasteiger partial charge is 0.497 e. The van der Waals surface area contributed by atoms with Crippen LogP contribution in [0.3, 0.4) is 0 Å². The van der Waals surface area contributed by atoms with E-state index < -0.39 is 0 Å². The lowest BCUT2D eigenvalue weighted by Gasteiger charge is -1.99. The first-order chi connectivity index (χ1) is 12.3. The molecule has 0 spiro atoms. The SMILES string of the molecule is COc1ccc2cc(C(=O)NCC#CCOc3cccnc3)[nH]c2c1. The van der Waals surface area contributed by atoms with Gasteiger partial charge in [-0.25, -0.2) is 0 Å². The maximum atomic E-state index is 12.1. The molecule has 126 valence electrons. The first-order valence-corrected chi connectivity index (χ1v) is 7.70. The molecule has 0 atom stereocenters. The molecule has 1 aromatic carbocycles. The maximum absolute atomic E-state index is 12.1. The number of amides is 1. The molecule has 2 aromatic heterocycles. The third kappa shape index (κ3) is 4.30. The molecule has 0 radical (unpaired) electrons. The van der Waals surface area contributed by atoms with Crippen molar-refractivity contribution < 1.29 is 14.3 Å². The van der Waals surface area contributed by atoms with Crippen LogP contribution in [0.5, 0.6) is 11.5 Å². The minimum Gasteiger partial charge on any atom is -0.497 e. The Labute approximate surface area is 145 Å². The van der Waals surface area contributed by atoms with E-state index in [0.29, 0.717) is 11.4 Å². The summed E-state index contributed by atoms with van der Waals surface area (Å²) in [5.41, 5.74) is 1.33. The fourth-order valence-electron chi connectivity index (χ4n) is 2.24. The van der Waals surface area contributed by atoms with Gasteiger partial charge in [0.1, 0.15) is 23.8 Å². The molecule has 6 heteroatoms. The highest BCUT2D eigenvalue weighted by atomic mass is 16.5. The van der Waals surface area contributed by atoms with E-state index in [0.717, 1.165) is 16.7 Å². The number of ether oxygens (including phenoxy) is 2. The Balaban J connectivity index is 1.50. The lowest BCUT2D eigenvalue weighted by molar-refractivity contribution is 0.0954. The van der Waals surface area contributed by atoms with Gasteiger partial charge >= 0.3 is 0 Å². The highest BCUT2D eigenvalue weighted by molar-refractivity contribution is 5.98. The summed E-state index contributed by atoms with van der Waals surface area (Å²) in [6, 6.07) is 11.0. The molecule has 25 heavy (non-hydrogen) atoms. The minimum atomic E-state index is -0.211. The van der Waals surface area contributed by atoms with Crippen LogP contribution in [0.4, 0.5) is 0 Å². The minimum absolute atomic E-state index is 0.211. The Kier molecular flexibility index (Phi) is 5.17. The number of methoxy groups -OCH3 is 1. The Morgan fingerprint density at radius 2 is 2.16 bits per heavy atom. The van der Waals surface area contributed by atoms with Gasteiger partial charge in [-0.1, -0.05) is 11.8 Å². The molecule has 0 bridgehead atoms. The Hall–Kier alpha value is -3.46. The van der Waals surface area contributed by atoms with Crippen molar-refractivity contribution >= 4 is 16.8 Å². The highest BCUT2D eigenvalue weighted by Gasteiger charge is 2.08. The predicted octanol–water partition coefficient (Wildman–Crippen LogP) is 2.38. The summed E-state index contributed by atoms with van der Waals surface area (Å²) in [5.74, 6) is 6.88. The molecule has 0 aliphatic rings. The van der Waals surface area contributed by atoms with Gasteiger partial charge in [0, 0.05) is 23.2 Å². The predicted molar refractivity (Wildman–Crippen MR) is 94.7 cm³/mol. The van der Waals surface area contributed by atoms with Crippen LogP contribution in [0.1, 0.15) is 10.5 Å². The van der Waals surface area contributed by atoms with E-state index in [2.05, 4.69) is 27.1 Å². The van der Waals surface area contributed by atoms with Crippen molar-refractivity contribution in [1.29, 1.82) is 0 Å². The summed E-state index contributed by atoms with van der Waals surface area (Å²) in [5, 5.41) is 3.69. The zero-order valence-electron chi connectivity index (χ0n) is 13.7. The quantitative estimate of drug-likeness (QED) is 0.702. The fraction of sp³-hybridized carbons (Fsp3) is 0.158. The lowest BCUT2D eigenvalue weighted by atomic mass is 10.2. The number of rotatable bonds is 5. The van der Waals surface area contributed by atoms with Crippen LogP contribution in [-0.4, -0.2) is 36.1 Å². The number of hydrogen-bond donors (Lipinski definition) is 2. The van der Waals surface area contributed by atoms with Crippen molar-refractivity contribution in [1.82, 2.24) is 15.3 Å². The second kappa shape index (κ2) is 7.88. The molecule has 0 saturated carbocycles. The topological polar surface area (TPSA) is 76.2 Å². The first kappa shape index (κ1) is 16.4. The van der Waals surface area contributed by atoms with E-state index in [1.807, 2.05) is 18.2 Å². The van der Waals surface area contributed by atoms with Crippen molar-refractivity contribution in [2.45, 2.75) is 0 Å². The van der Waals surface area contributed by atoms with Crippen molar-refractivity contribution in [2.24, 2.45) is 0 Å². The van der Waals surface area contributed by atoms with E-state index in [9.17, 15) is 4.79 Å². The van der Waals surface area contributed by atoms with Crippen molar-refractivity contribution in [2.75, 3.05) is 20.3 Å². The van der Waals surface area contributed by atoms with Crippen LogP contribution in [0.15, 0.2) is 48.8 Å². The first-order valence-electron chi connectivity index (χ1n) is 7.70. The van der Waals surface area contributed by atoms with Gasteiger partial charge in [-0.15, -0.1) is 0 Å². The summed E-state index contributed by atoms with van der Waals surface area (Å²) in [6.07, 6.45) is 3.29. The van der Waals surface area contributed by atoms with Gasteiger partial charge in [-0.05, 0) is 30.3 Å². The molecule has 0 fully saturated rings. The normalized spacial score (nSPS) is 9.96. The molecular weight excluding hydrogens is 318 g/mol. The van der Waals surface area contributed by atoms with Gasteiger partial charge in [0.25, 0.3) is 5.91 Å². The Morgan fingerprint density at radius 1 is 1.24 bits per heavy atom. The monoisotopic (exact) mass is 335 g/mol. The van der Waals surface area contributed by atoms with Crippen molar-refractivity contribution in [3.8, 4) is 23.3 Å². The summed E-state index contributed by atoms with van der Waals surface area (Å²) < 4.78 is 10.6. The summed E-state index contributed by atoms with van der Waals surface area (Å²) in [4.78, 5) is 19.2. The summed E-state index contributed by atoms with van der Waals surface area (Å²) >= 11 is 0. The third-order valence-corrected chi connectivity index (χ3v) is 3.48. The number of benzene rings is 1. The number of fused-ring (bicyclic) bond motifs is 1. The number of carbonyl (C=O) groups is 1. The maximum Gasteiger partial charge on any atom is 0.268 e. The second-order valence-corrected chi connectivity index (χ2v) is 5.15. The number of carbonyl (C=O) groups excluding carboxylic acids is 1. The number of aromatic nitrogens is 2. The highest BCUT2D eigenvalue weighted by Crippen LogP contribution is 2.21. The lowest BCUT2D eigenvalue weighted by Crippen LogP contribution is -2.23. The molecule has 6 nitrogen and oxygen atoms in total. The molecule has 3 rings (SSSR count). The average molecular weight is 335 g/mol. The molecule has 2 heterocycles. The number of aromatic amines is 1. The van der Waals surface area contributed by atoms with Crippen LogP contribution < -0.4 is 14.8 Å². The van der Waals surface area contributed by atoms with Gasteiger partial charge in [0.05, 0.1) is 19.9 Å². The van der Waals surface area contributed by atoms with E-state index in [4.69, 9.17) is 9.47 Å².